The number of benzene rings is 1. The Hall–Kier alpha value is -3.55. The lowest BCUT2D eigenvalue weighted by Crippen LogP contribution is -2.49. The first-order valence-corrected chi connectivity index (χ1v) is 10.9. The molecule has 1 N–H and O–H groups in total. The molecule has 1 aromatic carbocycles. The second-order valence-corrected chi connectivity index (χ2v) is 8.81. The van der Waals surface area contributed by atoms with Gasteiger partial charge in [0.05, 0.1) is 28.8 Å². The van der Waals surface area contributed by atoms with Crippen LogP contribution < -0.4 is 10.2 Å². The van der Waals surface area contributed by atoms with Gasteiger partial charge in [-0.2, -0.15) is 18.4 Å². The Morgan fingerprint density at radius 2 is 2.00 bits per heavy atom. The van der Waals surface area contributed by atoms with Crippen LogP contribution in [0.4, 0.5) is 18.9 Å². The summed E-state index contributed by atoms with van der Waals surface area (Å²) in [5.74, 6) is -0.716. The minimum atomic E-state index is -4.66. The van der Waals surface area contributed by atoms with Crippen molar-refractivity contribution in [3.8, 4) is 6.07 Å². The average molecular weight is 475 g/mol. The molecule has 2 fully saturated rings. The van der Waals surface area contributed by atoms with Crippen molar-refractivity contribution in [2.75, 3.05) is 38.1 Å². The minimum absolute atomic E-state index is 0.182. The molecular weight excluding hydrogens is 451 g/mol. The predicted octanol–water partition coefficient (Wildman–Crippen LogP) is 2.98. The number of aryl methyl sites for hydroxylation is 1. The maximum atomic E-state index is 13.5. The Bertz CT molecular complexity index is 1150. The van der Waals surface area contributed by atoms with Crippen LogP contribution in [0.3, 0.4) is 0 Å². The first-order valence-electron chi connectivity index (χ1n) is 10.9. The smallest absolute Gasteiger partial charge is 0.417 e. The number of aromatic nitrogens is 1. The average Bonchev–Trinajstić information content (AvgIpc) is 3.41. The number of hydrogen-bond donors (Lipinski definition) is 1. The molecule has 8 nitrogen and oxygen atoms in total. The number of carbonyl (C=O) groups is 2. The van der Waals surface area contributed by atoms with Crippen LogP contribution >= 0.6 is 0 Å². The molecule has 2 aliphatic rings. The Morgan fingerprint density at radius 1 is 1.29 bits per heavy atom. The van der Waals surface area contributed by atoms with Gasteiger partial charge in [-0.3, -0.25) is 9.59 Å². The highest BCUT2D eigenvalue weighted by molar-refractivity contribution is 5.92. The molecule has 11 heteroatoms. The second-order valence-electron chi connectivity index (χ2n) is 8.81. The topological polar surface area (TPSA) is 102 Å². The summed E-state index contributed by atoms with van der Waals surface area (Å²) in [6, 6.07) is 5.22. The number of alkyl halides is 3. The van der Waals surface area contributed by atoms with Crippen LogP contribution in [-0.2, 0) is 11.0 Å². The molecule has 180 valence electrons. The number of likely N-dealkylation sites (tertiary alicyclic amines) is 1. The van der Waals surface area contributed by atoms with Crippen LogP contribution in [0.1, 0.15) is 40.2 Å². The molecule has 2 saturated heterocycles. The molecule has 34 heavy (non-hydrogen) atoms. The van der Waals surface area contributed by atoms with Crippen molar-refractivity contribution in [3.05, 3.63) is 47.2 Å². The third kappa shape index (κ3) is 4.08. The van der Waals surface area contributed by atoms with Crippen molar-refractivity contribution in [3.63, 3.8) is 0 Å². The largest absolute Gasteiger partial charge is 0.438 e. The summed E-state index contributed by atoms with van der Waals surface area (Å²) >= 11 is 0. The first kappa shape index (κ1) is 23.6. The van der Waals surface area contributed by atoms with Gasteiger partial charge in [-0.05, 0) is 38.0 Å². The molecule has 1 unspecified atom stereocenters. The van der Waals surface area contributed by atoms with E-state index in [1.807, 2.05) is 0 Å². The quantitative estimate of drug-likeness (QED) is 0.732. The summed E-state index contributed by atoms with van der Waals surface area (Å²) in [6.45, 7) is 3.09. The Kier molecular flexibility index (Phi) is 6.02. The molecule has 1 atom stereocenters. The number of nitrogens with zero attached hydrogens (tertiary/aromatic N) is 4. The van der Waals surface area contributed by atoms with E-state index < -0.39 is 28.6 Å². The number of anilines is 1. The summed E-state index contributed by atoms with van der Waals surface area (Å²) in [6.07, 6.45) is -2.41. The van der Waals surface area contributed by atoms with Crippen molar-refractivity contribution >= 4 is 17.5 Å². The molecule has 1 spiro atoms. The Morgan fingerprint density at radius 3 is 2.56 bits per heavy atom. The lowest BCUT2D eigenvalue weighted by atomic mass is 9.70. The zero-order valence-electron chi connectivity index (χ0n) is 18.8. The van der Waals surface area contributed by atoms with E-state index in [0.717, 1.165) is 6.07 Å². The molecule has 3 heterocycles. The zero-order valence-corrected chi connectivity index (χ0v) is 18.8. The number of carbonyl (C=O) groups excluding carboxylic acids is 2. The van der Waals surface area contributed by atoms with Crippen LogP contribution in [0.25, 0.3) is 0 Å². The molecule has 2 aromatic rings. The van der Waals surface area contributed by atoms with Crippen LogP contribution in [0, 0.1) is 29.6 Å². The van der Waals surface area contributed by atoms with Crippen LogP contribution in [-0.4, -0.2) is 54.9 Å². The number of nitrogens with one attached hydrogen (secondary N) is 1. The normalized spacial score (nSPS) is 19.8. The van der Waals surface area contributed by atoms with Crippen LogP contribution in [0.2, 0.25) is 0 Å². The monoisotopic (exact) mass is 475 g/mol. The molecular formula is C23H24F3N5O3. The standard InChI is InChI=1S/C23H24F3N5O3/c1-14-19(34-13-29-14)21(33)30-7-5-22(6-8-30)12-31(11-18(22)20(32)28-2)16-4-3-15(10-27)17(9-16)23(24,25)26/h3-4,9,13,18H,5-8,11-12H2,1-2H3,(H,28,32). The highest BCUT2D eigenvalue weighted by Gasteiger charge is 2.52. The third-order valence-electron chi connectivity index (χ3n) is 6.99. The maximum absolute atomic E-state index is 13.5. The van der Waals surface area contributed by atoms with E-state index in [-0.39, 0.29) is 24.1 Å². The maximum Gasteiger partial charge on any atom is 0.417 e. The second kappa shape index (κ2) is 8.66. The number of oxazole rings is 1. The van der Waals surface area contributed by atoms with E-state index in [0.29, 0.717) is 43.9 Å². The van der Waals surface area contributed by atoms with Gasteiger partial charge in [-0.25, -0.2) is 4.98 Å². The number of amides is 2. The fourth-order valence-corrected chi connectivity index (χ4v) is 5.07. The van der Waals surface area contributed by atoms with Gasteiger partial charge in [0.15, 0.2) is 6.39 Å². The zero-order chi connectivity index (χ0) is 24.7. The Labute approximate surface area is 194 Å². The minimum Gasteiger partial charge on any atom is -0.438 e. The molecule has 4 rings (SSSR count). The van der Waals surface area contributed by atoms with E-state index in [1.165, 1.54) is 25.6 Å². The number of nitriles is 1. The molecule has 0 aliphatic carbocycles. The van der Waals surface area contributed by atoms with Gasteiger partial charge in [-0.15, -0.1) is 0 Å². The summed E-state index contributed by atoms with van der Waals surface area (Å²) in [4.78, 5) is 33.0. The van der Waals surface area contributed by atoms with E-state index in [9.17, 15) is 22.8 Å². The van der Waals surface area contributed by atoms with E-state index in [1.54, 1.807) is 22.8 Å². The van der Waals surface area contributed by atoms with Gasteiger partial charge in [0.2, 0.25) is 11.7 Å². The van der Waals surface area contributed by atoms with Crippen LogP contribution in [0.5, 0.6) is 0 Å². The molecule has 0 saturated carbocycles. The van der Waals surface area contributed by atoms with Gasteiger partial charge in [-0.1, -0.05) is 0 Å². The number of rotatable bonds is 3. The molecule has 2 aliphatic heterocycles. The highest BCUT2D eigenvalue weighted by Crippen LogP contribution is 2.47. The van der Waals surface area contributed by atoms with E-state index in [2.05, 4.69) is 10.3 Å². The van der Waals surface area contributed by atoms with Crippen LogP contribution in [0.15, 0.2) is 29.0 Å². The van der Waals surface area contributed by atoms with Gasteiger partial charge >= 0.3 is 6.18 Å². The lowest BCUT2D eigenvalue weighted by Gasteiger charge is -2.41. The van der Waals surface area contributed by atoms with E-state index in [4.69, 9.17) is 9.68 Å². The predicted molar refractivity (Wildman–Crippen MR) is 115 cm³/mol. The molecule has 1 aromatic heterocycles. The van der Waals surface area contributed by atoms with Crippen molar-refractivity contribution in [1.29, 1.82) is 5.26 Å². The number of piperidine rings is 1. The fraction of sp³-hybridized carbons (Fsp3) is 0.478. The Balaban J connectivity index is 1.58. The highest BCUT2D eigenvalue weighted by atomic mass is 19.4. The summed E-state index contributed by atoms with van der Waals surface area (Å²) in [7, 11) is 1.54. The number of hydrogen-bond acceptors (Lipinski definition) is 6. The van der Waals surface area contributed by atoms with E-state index >= 15 is 0 Å². The molecule has 0 radical (unpaired) electrons. The molecule has 0 bridgehead atoms. The van der Waals surface area contributed by atoms with Gasteiger partial charge in [0, 0.05) is 44.3 Å². The van der Waals surface area contributed by atoms with Crippen molar-refractivity contribution in [2.45, 2.75) is 25.9 Å². The van der Waals surface area contributed by atoms with Gasteiger partial charge in [0.1, 0.15) is 0 Å². The summed E-state index contributed by atoms with van der Waals surface area (Å²) in [5, 5.41) is 11.8. The van der Waals surface area contributed by atoms with Gasteiger partial charge < -0.3 is 19.5 Å². The molecule has 2 amide bonds. The van der Waals surface area contributed by atoms with Crippen molar-refractivity contribution < 1.29 is 27.2 Å². The first-order chi connectivity index (χ1) is 16.1. The van der Waals surface area contributed by atoms with Gasteiger partial charge in [0.25, 0.3) is 5.91 Å². The lowest BCUT2D eigenvalue weighted by molar-refractivity contribution is -0.137. The van der Waals surface area contributed by atoms with Crippen molar-refractivity contribution in [2.24, 2.45) is 11.3 Å². The SMILES string of the molecule is CNC(=O)C1CN(c2ccc(C#N)c(C(F)(F)F)c2)CC12CCN(C(=O)c1ocnc1C)CC2. The van der Waals surface area contributed by atoms with Crippen molar-refractivity contribution in [1.82, 2.24) is 15.2 Å². The third-order valence-corrected chi connectivity index (χ3v) is 6.99. The summed E-state index contributed by atoms with van der Waals surface area (Å²) in [5.41, 5.74) is -1.12. The summed E-state index contributed by atoms with van der Waals surface area (Å²) < 4.78 is 45.7. The number of halogens is 3. The fourth-order valence-electron chi connectivity index (χ4n) is 5.07.